The predicted molar refractivity (Wildman–Crippen MR) is 69.8 cm³/mol. The molecule has 0 rings (SSSR count). The van der Waals surface area contributed by atoms with Gasteiger partial charge in [0.1, 0.15) is 0 Å². The molecule has 0 saturated carbocycles. The summed E-state index contributed by atoms with van der Waals surface area (Å²) in [6.07, 6.45) is 5.89. The number of alkyl halides is 1. The van der Waals surface area contributed by atoms with Gasteiger partial charge in [-0.25, -0.2) is 0 Å². The van der Waals surface area contributed by atoms with Gasteiger partial charge in [-0.15, -0.1) is 0 Å². The van der Waals surface area contributed by atoms with Crippen molar-refractivity contribution in [3.8, 4) is 0 Å². The fraction of sp³-hybridized carbons (Fsp3) is 0.909. The Labute approximate surface area is 101 Å². The first-order chi connectivity index (χ1) is 6.72. The van der Waals surface area contributed by atoms with Gasteiger partial charge in [0.2, 0.25) is 5.91 Å². The molecule has 1 amide bonds. The maximum Gasteiger partial charge on any atom is 0.222 e. The summed E-state index contributed by atoms with van der Waals surface area (Å²) in [6, 6.07) is 0. The third-order valence-corrected chi connectivity index (χ3v) is 3.18. The highest BCUT2D eigenvalue weighted by molar-refractivity contribution is 14.1. The molecule has 0 bridgehead atoms. The Morgan fingerprint density at radius 1 is 1.29 bits per heavy atom. The number of carbonyl (C=O) groups excluding carboxylic acids is 1. The van der Waals surface area contributed by atoms with Gasteiger partial charge in [0, 0.05) is 12.5 Å². The molecule has 0 aromatic carbocycles. The van der Waals surface area contributed by atoms with Crippen molar-refractivity contribution in [1.29, 1.82) is 0 Å². The zero-order valence-corrected chi connectivity index (χ0v) is 11.5. The minimum Gasteiger partial charge on any atom is -0.356 e. The first-order valence-corrected chi connectivity index (χ1v) is 7.08. The van der Waals surface area contributed by atoms with Crippen molar-refractivity contribution in [2.45, 2.75) is 46.0 Å². The molecule has 1 unspecified atom stereocenters. The normalized spacial score (nSPS) is 12.5. The maximum absolute atomic E-state index is 11.4. The number of carbonyl (C=O) groups is 1. The second-order valence-corrected chi connectivity index (χ2v) is 4.78. The van der Waals surface area contributed by atoms with E-state index in [1.807, 2.05) is 13.8 Å². The van der Waals surface area contributed by atoms with E-state index in [0.29, 0.717) is 0 Å². The molecule has 3 heteroatoms. The lowest BCUT2D eigenvalue weighted by atomic mass is 10.1. The van der Waals surface area contributed by atoms with Crippen LogP contribution in [0.2, 0.25) is 0 Å². The van der Waals surface area contributed by atoms with Gasteiger partial charge >= 0.3 is 0 Å². The summed E-state index contributed by atoms with van der Waals surface area (Å²) in [4.78, 5) is 11.4. The van der Waals surface area contributed by atoms with Gasteiger partial charge in [-0.3, -0.25) is 4.79 Å². The van der Waals surface area contributed by atoms with Crippen molar-refractivity contribution < 1.29 is 4.79 Å². The van der Waals surface area contributed by atoms with E-state index in [1.165, 1.54) is 23.7 Å². The third-order valence-electron chi connectivity index (χ3n) is 2.42. The van der Waals surface area contributed by atoms with Gasteiger partial charge in [-0.2, -0.15) is 0 Å². The Hall–Kier alpha value is 0.200. The van der Waals surface area contributed by atoms with Crippen molar-refractivity contribution in [3.05, 3.63) is 0 Å². The van der Waals surface area contributed by atoms with Crippen molar-refractivity contribution in [1.82, 2.24) is 5.32 Å². The molecule has 14 heavy (non-hydrogen) atoms. The molecule has 0 heterocycles. The number of rotatable bonds is 8. The van der Waals surface area contributed by atoms with Crippen LogP contribution in [0.3, 0.4) is 0 Å². The number of unbranched alkanes of at least 4 members (excludes halogenated alkanes) is 3. The zero-order chi connectivity index (χ0) is 10.8. The molecule has 0 saturated heterocycles. The lowest BCUT2D eigenvalue weighted by molar-refractivity contribution is -0.124. The summed E-state index contributed by atoms with van der Waals surface area (Å²) in [6.45, 7) is 4.88. The van der Waals surface area contributed by atoms with Crippen molar-refractivity contribution in [2.75, 3.05) is 11.0 Å². The molecule has 84 valence electrons. The summed E-state index contributed by atoms with van der Waals surface area (Å²) in [5.41, 5.74) is 0. The number of amides is 1. The number of hydrogen-bond donors (Lipinski definition) is 1. The first kappa shape index (κ1) is 14.2. The maximum atomic E-state index is 11.4. The molecule has 2 nitrogen and oxygen atoms in total. The van der Waals surface area contributed by atoms with Crippen LogP contribution in [-0.2, 0) is 4.79 Å². The van der Waals surface area contributed by atoms with Crippen molar-refractivity contribution in [2.24, 2.45) is 5.92 Å². The molecule has 0 aliphatic rings. The van der Waals surface area contributed by atoms with E-state index in [2.05, 4.69) is 27.9 Å². The largest absolute Gasteiger partial charge is 0.356 e. The van der Waals surface area contributed by atoms with Gasteiger partial charge in [-0.05, 0) is 23.7 Å². The first-order valence-electron chi connectivity index (χ1n) is 5.56. The van der Waals surface area contributed by atoms with E-state index < -0.39 is 0 Å². The average molecular weight is 311 g/mol. The van der Waals surface area contributed by atoms with Crippen LogP contribution in [0.4, 0.5) is 0 Å². The second-order valence-electron chi connectivity index (χ2n) is 3.70. The Morgan fingerprint density at radius 3 is 2.50 bits per heavy atom. The Bertz CT molecular complexity index is 150. The minimum absolute atomic E-state index is 0.171. The average Bonchev–Trinajstić information content (AvgIpc) is 2.21. The van der Waals surface area contributed by atoms with Crippen LogP contribution in [0, 0.1) is 5.92 Å². The van der Waals surface area contributed by atoms with Crippen LogP contribution >= 0.6 is 22.6 Å². The van der Waals surface area contributed by atoms with Crippen LogP contribution in [0.15, 0.2) is 0 Å². The molecule has 0 aliphatic carbocycles. The molecular formula is C11H22INO. The summed E-state index contributed by atoms with van der Waals surface area (Å²) in [5.74, 6) is 0.380. The molecule has 0 radical (unpaired) electrons. The number of hydrogen-bond acceptors (Lipinski definition) is 1. The Kier molecular flexibility index (Phi) is 9.88. The van der Waals surface area contributed by atoms with Crippen molar-refractivity contribution >= 4 is 28.5 Å². The van der Waals surface area contributed by atoms with Crippen LogP contribution in [0.5, 0.6) is 0 Å². The fourth-order valence-electron chi connectivity index (χ4n) is 1.14. The summed E-state index contributed by atoms with van der Waals surface area (Å²) < 4.78 is 1.25. The second kappa shape index (κ2) is 9.74. The van der Waals surface area contributed by atoms with Gasteiger partial charge in [-0.1, -0.05) is 49.3 Å². The lowest BCUT2D eigenvalue weighted by Crippen LogP contribution is -2.29. The summed E-state index contributed by atoms with van der Waals surface area (Å²) in [5, 5.41) is 2.97. The summed E-state index contributed by atoms with van der Waals surface area (Å²) in [7, 11) is 0. The van der Waals surface area contributed by atoms with Crippen LogP contribution < -0.4 is 5.32 Å². The smallest absolute Gasteiger partial charge is 0.222 e. The molecule has 0 fully saturated rings. The number of halogens is 1. The zero-order valence-electron chi connectivity index (χ0n) is 9.31. The SMILES string of the molecule is CCC(C)C(=O)NCCCCCCI. The van der Waals surface area contributed by atoms with E-state index in [4.69, 9.17) is 0 Å². The fourth-order valence-corrected chi connectivity index (χ4v) is 1.68. The Morgan fingerprint density at radius 2 is 1.93 bits per heavy atom. The highest BCUT2D eigenvalue weighted by atomic mass is 127. The van der Waals surface area contributed by atoms with E-state index in [-0.39, 0.29) is 11.8 Å². The predicted octanol–water partition coefficient (Wildman–Crippen LogP) is 3.14. The number of nitrogens with one attached hydrogen (secondary N) is 1. The Balaban J connectivity index is 3.23. The monoisotopic (exact) mass is 311 g/mol. The highest BCUT2D eigenvalue weighted by Gasteiger charge is 2.08. The van der Waals surface area contributed by atoms with E-state index >= 15 is 0 Å². The van der Waals surface area contributed by atoms with Gasteiger partial charge in [0.05, 0.1) is 0 Å². The van der Waals surface area contributed by atoms with Crippen LogP contribution in [-0.4, -0.2) is 16.9 Å². The quantitative estimate of drug-likeness (QED) is 0.416. The molecule has 1 atom stereocenters. The third kappa shape index (κ3) is 7.59. The lowest BCUT2D eigenvalue weighted by Gasteiger charge is -2.09. The molecule has 0 spiro atoms. The standard InChI is InChI=1S/C11H22INO/c1-3-10(2)11(14)13-9-7-5-4-6-8-12/h10H,3-9H2,1-2H3,(H,13,14). The minimum atomic E-state index is 0.171. The highest BCUT2D eigenvalue weighted by Crippen LogP contribution is 2.02. The van der Waals surface area contributed by atoms with E-state index in [1.54, 1.807) is 0 Å². The van der Waals surface area contributed by atoms with E-state index in [9.17, 15) is 4.79 Å². The molecule has 0 aromatic rings. The molecule has 0 aromatic heterocycles. The summed E-state index contributed by atoms with van der Waals surface area (Å²) >= 11 is 2.40. The van der Waals surface area contributed by atoms with E-state index in [0.717, 1.165) is 19.4 Å². The van der Waals surface area contributed by atoms with Crippen molar-refractivity contribution in [3.63, 3.8) is 0 Å². The van der Waals surface area contributed by atoms with Crippen LogP contribution in [0.25, 0.3) is 0 Å². The van der Waals surface area contributed by atoms with Gasteiger partial charge < -0.3 is 5.32 Å². The molecular weight excluding hydrogens is 289 g/mol. The van der Waals surface area contributed by atoms with Crippen LogP contribution in [0.1, 0.15) is 46.0 Å². The topological polar surface area (TPSA) is 29.1 Å². The molecule has 1 N–H and O–H groups in total. The van der Waals surface area contributed by atoms with Gasteiger partial charge in [0.15, 0.2) is 0 Å². The molecule has 0 aliphatic heterocycles. The van der Waals surface area contributed by atoms with Gasteiger partial charge in [0.25, 0.3) is 0 Å².